The Labute approximate surface area is 95.9 Å². The molecule has 0 bridgehead atoms. The van der Waals surface area contributed by atoms with Gasteiger partial charge in [-0.25, -0.2) is 13.1 Å². The summed E-state index contributed by atoms with van der Waals surface area (Å²) in [7, 11) is -3.42. The van der Waals surface area contributed by atoms with Crippen LogP contribution in [0.4, 0.5) is 0 Å². The fourth-order valence-electron chi connectivity index (χ4n) is 1.63. The van der Waals surface area contributed by atoms with E-state index in [2.05, 4.69) is 4.72 Å². The van der Waals surface area contributed by atoms with Crippen LogP contribution in [0.5, 0.6) is 0 Å². The predicted molar refractivity (Wildman–Crippen MR) is 62.5 cm³/mol. The average molecular weight is 240 g/mol. The highest BCUT2D eigenvalue weighted by Gasteiger charge is 2.44. The molecule has 3 N–H and O–H groups in total. The first-order valence-electron chi connectivity index (χ1n) is 5.28. The molecular weight excluding hydrogens is 224 g/mol. The second-order valence-corrected chi connectivity index (χ2v) is 6.09. The van der Waals surface area contributed by atoms with Crippen molar-refractivity contribution in [1.29, 1.82) is 0 Å². The van der Waals surface area contributed by atoms with Crippen molar-refractivity contribution in [1.82, 2.24) is 4.72 Å². The average Bonchev–Trinajstić information content (AvgIpc) is 2.98. The van der Waals surface area contributed by atoms with Crippen LogP contribution in [0.25, 0.3) is 0 Å². The van der Waals surface area contributed by atoms with E-state index < -0.39 is 10.0 Å². The van der Waals surface area contributed by atoms with Gasteiger partial charge in [0.15, 0.2) is 0 Å². The third kappa shape index (κ3) is 2.26. The Morgan fingerprint density at radius 2 is 2.12 bits per heavy atom. The summed E-state index contributed by atoms with van der Waals surface area (Å²) in [5, 5.41) is 0. The highest BCUT2D eigenvalue weighted by molar-refractivity contribution is 7.89. The van der Waals surface area contributed by atoms with E-state index in [-0.39, 0.29) is 5.54 Å². The number of rotatable bonds is 4. The molecule has 0 atom stereocenters. The van der Waals surface area contributed by atoms with Crippen LogP contribution in [0, 0.1) is 6.92 Å². The van der Waals surface area contributed by atoms with Gasteiger partial charge in [0.25, 0.3) is 0 Å². The highest BCUT2D eigenvalue weighted by atomic mass is 32.2. The summed E-state index contributed by atoms with van der Waals surface area (Å²) in [6.07, 6.45) is 1.66. The number of benzene rings is 1. The second kappa shape index (κ2) is 3.84. The van der Waals surface area contributed by atoms with E-state index >= 15 is 0 Å². The van der Waals surface area contributed by atoms with E-state index in [0.717, 1.165) is 18.4 Å². The number of aryl methyl sites for hydroxylation is 1. The van der Waals surface area contributed by atoms with Crippen molar-refractivity contribution in [3.8, 4) is 0 Å². The molecule has 0 spiro atoms. The standard InChI is InChI=1S/C11H16N2O2S/c1-9-3-2-4-10(7-9)16(14,15)13-11(8-12)5-6-11/h2-4,7,13H,5-6,8,12H2,1H3. The molecule has 2 rings (SSSR count). The molecule has 1 fully saturated rings. The van der Waals surface area contributed by atoms with E-state index in [1.54, 1.807) is 18.2 Å². The van der Waals surface area contributed by atoms with Gasteiger partial charge in [-0.15, -0.1) is 0 Å². The quantitative estimate of drug-likeness (QED) is 0.816. The predicted octanol–water partition coefficient (Wildman–Crippen LogP) is 0.765. The monoisotopic (exact) mass is 240 g/mol. The molecule has 0 unspecified atom stereocenters. The molecule has 5 heteroatoms. The smallest absolute Gasteiger partial charge is 0.241 e. The number of hydrogen-bond acceptors (Lipinski definition) is 3. The third-order valence-electron chi connectivity index (χ3n) is 2.90. The van der Waals surface area contributed by atoms with Gasteiger partial charge in [0.05, 0.1) is 4.90 Å². The maximum Gasteiger partial charge on any atom is 0.241 e. The van der Waals surface area contributed by atoms with Crippen LogP contribution in [0.15, 0.2) is 29.2 Å². The molecule has 4 nitrogen and oxygen atoms in total. The van der Waals surface area contributed by atoms with Crippen molar-refractivity contribution in [2.45, 2.75) is 30.2 Å². The summed E-state index contributed by atoms with van der Waals surface area (Å²) >= 11 is 0. The zero-order chi connectivity index (χ0) is 11.8. The van der Waals surface area contributed by atoms with Crippen molar-refractivity contribution < 1.29 is 8.42 Å². The third-order valence-corrected chi connectivity index (χ3v) is 4.47. The molecule has 1 aliphatic rings. The fraction of sp³-hybridized carbons (Fsp3) is 0.455. The van der Waals surface area contributed by atoms with E-state index in [1.165, 1.54) is 0 Å². The summed E-state index contributed by atoms with van der Waals surface area (Å²) < 4.78 is 26.7. The Balaban J connectivity index is 2.26. The molecule has 0 aliphatic heterocycles. The van der Waals surface area contributed by atoms with Crippen molar-refractivity contribution in [3.05, 3.63) is 29.8 Å². The van der Waals surface area contributed by atoms with E-state index in [9.17, 15) is 8.42 Å². The molecule has 16 heavy (non-hydrogen) atoms. The van der Waals surface area contributed by atoms with Crippen LogP contribution >= 0.6 is 0 Å². The first-order valence-corrected chi connectivity index (χ1v) is 6.77. The maximum atomic E-state index is 12.0. The molecule has 0 radical (unpaired) electrons. The first kappa shape index (κ1) is 11.6. The number of nitrogens with two attached hydrogens (primary N) is 1. The Morgan fingerprint density at radius 1 is 1.44 bits per heavy atom. The minimum atomic E-state index is -3.42. The molecule has 1 aliphatic carbocycles. The summed E-state index contributed by atoms with van der Waals surface area (Å²) in [6, 6.07) is 6.87. The van der Waals surface area contributed by atoms with Gasteiger partial charge in [-0.3, -0.25) is 0 Å². The normalized spacial score (nSPS) is 18.4. The van der Waals surface area contributed by atoms with Gasteiger partial charge in [-0.2, -0.15) is 0 Å². The molecule has 0 saturated heterocycles. The first-order chi connectivity index (χ1) is 7.47. The van der Waals surface area contributed by atoms with E-state index in [1.807, 2.05) is 13.0 Å². The zero-order valence-electron chi connectivity index (χ0n) is 9.23. The lowest BCUT2D eigenvalue weighted by Crippen LogP contribution is -2.42. The summed E-state index contributed by atoms with van der Waals surface area (Å²) in [4.78, 5) is 0.312. The molecule has 1 aromatic rings. The van der Waals surface area contributed by atoms with Crippen LogP contribution in [-0.2, 0) is 10.0 Å². The lowest BCUT2D eigenvalue weighted by atomic mass is 10.2. The summed E-state index contributed by atoms with van der Waals surface area (Å²) in [6.45, 7) is 2.23. The van der Waals surface area contributed by atoms with Crippen LogP contribution in [0.3, 0.4) is 0 Å². The molecule has 0 heterocycles. The summed E-state index contributed by atoms with van der Waals surface area (Å²) in [5.41, 5.74) is 6.10. The lowest BCUT2D eigenvalue weighted by molar-refractivity contribution is 0.545. The lowest BCUT2D eigenvalue weighted by Gasteiger charge is -2.15. The van der Waals surface area contributed by atoms with Crippen molar-refractivity contribution in [3.63, 3.8) is 0 Å². The molecule has 1 aromatic carbocycles. The number of sulfonamides is 1. The molecule has 1 saturated carbocycles. The van der Waals surface area contributed by atoms with Crippen LogP contribution in [0.2, 0.25) is 0 Å². The SMILES string of the molecule is Cc1cccc(S(=O)(=O)NC2(CN)CC2)c1. The fourth-order valence-corrected chi connectivity index (χ4v) is 3.20. The van der Waals surface area contributed by atoms with Gasteiger partial charge < -0.3 is 5.73 Å². The molecule has 88 valence electrons. The van der Waals surface area contributed by atoms with Crippen LogP contribution < -0.4 is 10.5 Å². The summed E-state index contributed by atoms with van der Waals surface area (Å²) in [5.74, 6) is 0. The largest absolute Gasteiger partial charge is 0.329 e. The Bertz CT molecular complexity index is 492. The van der Waals surface area contributed by atoms with Crippen molar-refractivity contribution in [2.24, 2.45) is 5.73 Å². The van der Waals surface area contributed by atoms with Gasteiger partial charge in [0.2, 0.25) is 10.0 Å². The molecule has 0 aromatic heterocycles. The maximum absolute atomic E-state index is 12.0. The van der Waals surface area contributed by atoms with E-state index in [4.69, 9.17) is 5.73 Å². The molecule has 0 amide bonds. The number of nitrogens with one attached hydrogen (secondary N) is 1. The van der Waals surface area contributed by atoms with Crippen LogP contribution in [-0.4, -0.2) is 20.5 Å². The van der Waals surface area contributed by atoms with Crippen molar-refractivity contribution >= 4 is 10.0 Å². The minimum absolute atomic E-state index is 0.312. The van der Waals surface area contributed by atoms with E-state index in [0.29, 0.717) is 11.4 Å². The minimum Gasteiger partial charge on any atom is -0.329 e. The topological polar surface area (TPSA) is 72.2 Å². The van der Waals surface area contributed by atoms with Gasteiger partial charge in [0, 0.05) is 12.1 Å². The Morgan fingerprint density at radius 3 is 2.62 bits per heavy atom. The van der Waals surface area contributed by atoms with Gasteiger partial charge in [0.1, 0.15) is 0 Å². The van der Waals surface area contributed by atoms with Gasteiger partial charge >= 0.3 is 0 Å². The number of hydrogen-bond donors (Lipinski definition) is 2. The highest BCUT2D eigenvalue weighted by Crippen LogP contribution is 2.35. The second-order valence-electron chi connectivity index (χ2n) is 4.41. The Hall–Kier alpha value is -0.910. The van der Waals surface area contributed by atoms with Crippen molar-refractivity contribution in [2.75, 3.05) is 6.54 Å². The Kier molecular flexibility index (Phi) is 2.77. The van der Waals surface area contributed by atoms with Gasteiger partial charge in [-0.1, -0.05) is 12.1 Å². The van der Waals surface area contributed by atoms with Crippen LogP contribution in [0.1, 0.15) is 18.4 Å². The molecular formula is C11H16N2O2S. The zero-order valence-corrected chi connectivity index (χ0v) is 10.0. The van der Waals surface area contributed by atoms with Gasteiger partial charge in [-0.05, 0) is 37.5 Å².